The van der Waals surface area contributed by atoms with Gasteiger partial charge in [-0.3, -0.25) is 24.1 Å². The number of esters is 1. The minimum atomic E-state index is -3.02. The summed E-state index contributed by atoms with van der Waals surface area (Å²) >= 11 is 0. The monoisotopic (exact) mass is 1130 g/mol. The van der Waals surface area contributed by atoms with Crippen LogP contribution in [0.15, 0.2) is 95.9 Å². The molecule has 3 aliphatic carbocycles. The minimum Gasteiger partial charge on any atom is -0.508 e. The Kier molecular flexibility index (Phi) is 18.6. The molecule has 3 saturated heterocycles. The summed E-state index contributed by atoms with van der Waals surface area (Å²) < 4.78 is 28.5. The number of primary amides is 1. The SMILES string of the molecule is CN(C)[C@@H]1C(=O)C(C(N)=O)=C(O)[C@@]2(O)C(=O)C3=C(O)c4c(O)cccc4[C@](C)(O)[C@H]3[C@H](O)[C@@H]12.C[C@@H]1C\C=C/C=C/C=C/C=C/[C@H](O[C@@H]2O[C@H](C)[C@@H](O)[C@H](N)[C@@H]2O)C[C@@H]2O[C@](O)(C[C@@H](O)C[C@@H]3O[C@@H]3/C=C\C(=O)O1)C[C@H](O)[C@H]2C(=O)O. The van der Waals surface area contributed by atoms with Crippen molar-refractivity contribution < 1.29 is 109 Å². The summed E-state index contributed by atoms with van der Waals surface area (Å²) in [6.45, 7) is 4.59. The predicted octanol–water partition coefficient (Wildman–Crippen LogP) is -1.28. The number of carbonyl (C=O) groups excluding carboxylic acids is 4. The smallest absolute Gasteiger partial charge is 0.330 e. The summed E-state index contributed by atoms with van der Waals surface area (Å²) in [6, 6.07) is 1.42. The molecule has 20 atom stereocenters. The van der Waals surface area contributed by atoms with Crippen LogP contribution in [0.1, 0.15) is 64.0 Å². The number of Topliss-reactive ketones (excluding diaryl/α,β-unsaturated/α-hetero) is 2. The number of aliphatic hydroxyl groups is 10. The number of likely N-dealkylation sites (N-methyl/N-ethyl adjacent to an activating group) is 1. The molecule has 0 radical (unpaired) electrons. The molecule has 4 aliphatic heterocycles. The normalized spacial score (nSPS) is 42.6. The summed E-state index contributed by atoms with van der Waals surface area (Å²) in [5.74, 6) is -15.1. The second kappa shape index (κ2) is 24.2. The van der Waals surface area contributed by atoms with E-state index >= 15 is 0 Å². The Bertz CT molecular complexity index is 2770. The molecule has 1 aromatic rings. The molecular formula is C55H71N3O22. The molecule has 4 fully saturated rings. The molecule has 1 amide bonds. The number of hydrogen-bond donors (Lipinski definition) is 14. The average Bonchev–Trinajstić information content (AvgIpc) is 3.92. The van der Waals surface area contributed by atoms with Gasteiger partial charge in [-0.2, -0.15) is 0 Å². The van der Waals surface area contributed by atoms with Gasteiger partial charge in [0.15, 0.2) is 23.5 Å². The van der Waals surface area contributed by atoms with Crippen LogP contribution < -0.4 is 11.5 Å². The van der Waals surface area contributed by atoms with Gasteiger partial charge in [0.25, 0.3) is 5.91 Å². The number of carbonyl (C=O) groups is 5. The Balaban J connectivity index is 0.000000245. The number of carboxylic acid groups (broad SMARTS) is 1. The quantitative estimate of drug-likeness (QED) is 0.0927. The van der Waals surface area contributed by atoms with E-state index in [0.717, 1.165) is 0 Å². The van der Waals surface area contributed by atoms with Gasteiger partial charge in [0, 0.05) is 38.2 Å². The van der Waals surface area contributed by atoms with Gasteiger partial charge in [-0.1, -0.05) is 60.7 Å². The molecule has 0 spiro atoms. The van der Waals surface area contributed by atoms with Gasteiger partial charge in [0.05, 0.1) is 89.5 Å². The number of epoxide rings is 1. The Labute approximate surface area is 459 Å². The van der Waals surface area contributed by atoms with Crippen LogP contribution in [0.3, 0.4) is 0 Å². The van der Waals surface area contributed by atoms with E-state index in [4.69, 9.17) is 35.2 Å². The molecule has 0 unspecified atom stereocenters. The number of nitrogens with zero attached hydrogens (tertiary/aromatic N) is 1. The summed E-state index contributed by atoms with van der Waals surface area (Å²) in [4.78, 5) is 64.4. The number of aliphatic carboxylic acids is 1. The molecular weight excluding hydrogens is 1050 g/mol. The first-order valence-electron chi connectivity index (χ1n) is 26.0. The molecule has 16 N–H and O–H groups in total. The number of cyclic esters (lactones) is 1. The number of carboxylic acids is 1. The topological polar surface area (TPSA) is 433 Å². The molecule has 8 rings (SSSR count). The number of amides is 1. The third-order valence-corrected chi connectivity index (χ3v) is 15.6. The lowest BCUT2D eigenvalue weighted by molar-refractivity contribution is -0.308. The van der Waals surface area contributed by atoms with E-state index in [1.165, 1.54) is 56.3 Å². The summed E-state index contributed by atoms with van der Waals surface area (Å²) in [5, 5.41) is 130. The number of rotatable bonds is 5. The van der Waals surface area contributed by atoms with Gasteiger partial charge in [-0.25, -0.2) is 4.79 Å². The number of ether oxygens (including phenoxy) is 5. The van der Waals surface area contributed by atoms with Crippen molar-refractivity contribution in [1.82, 2.24) is 4.90 Å². The summed E-state index contributed by atoms with van der Waals surface area (Å²) in [7, 11) is 2.80. The number of aromatic hydroxyl groups is 1. The summed E-state index contributed by atoms with van der Waals surface area (Å²) in [6.07, 6.45) is 3.38. The largest absolute Gasteiger partial charge is 0.508 e. The molecule has 80 heavy (non-hydrogen) atoms. The van der Waals surface area contributed by atoms with Crippen molar-refractivity contribution in [3.05, 3.63) is 107 Å². The number of benzene rings is 1. The number of nitrogens with two attached hydrogens (primary N) is 2. The maximum atomic E-state index is 13.7. The second-order valence-electron chi connectivity index (χ2n) is 21.6. The van der Waals surface area contributed by atoms with E-state index in [-0.39, 0.29) is 36.5 Å². The first-order valence-corrected chi connectivity index (χ1v) is 26.0. The number of allylic oxidation sites excluding steroid dienone is 6. The lowest BCUT2D eigenvalue weighted by atomic mass is 9.53. The Morgan fingerprint density at radius 2 is 1.50 bits per heavy atom. The number of ketones is 2. The van der Waals surface area contributed by atoms with Crippen LogP contribution in [0, 0.1) is 17.8 Å². The van der Waals surface area contributed by atoms with Crippen molar-refractivity contribution >= 4 is 35.2 Å². The van der Waals surface area contributed by atoms with Crippen LogP contribution in [0.25, 0.3) is 5.76 Å². The second-order valence-corrected chi connectivity index (χ2v) is 21.6. The highest BCUT2D eigenvalue weighted by atomic mass is 16.7. The third-order valence-electron chi connectivity index (χ3n) is 15.6. The third kappa shape index (κ3) is 12.3. The first-order chi connectivity index (χ1) is 37.5. The van der Waals surface area contributed by atoms with Gasteiger partial charge in [-0.15, -0.1) is 0 Å². The predicted molar refractivity (Wildman–Crippen MR) is 277 cm³/mol. The van der Waals surface area contributed by atoms with Crippen LogP contribution in [0.4, 0.5) is 0 Å². The zero-order chi connectivity index (χ0) is 59.1. The molecule has 2 bridgehead atoms. The standard InChI is InChI=1S/C33H47NO13.C22H24N2O9/c1-18-10-8-6-4-3-5-7-9-11-21(45-32-30(39)28(34)29(38)19(2)44-32)15-25-27(31(40)41)22(36)17-33(42,47-25)16-20(35)14-24-23(46-24)12-13-26(37)43-18;1-21(32)7-5-4-6-8(25)9(7)15(26)10-12(21)17(28)13-14(24(2)3)16(27)11(20(23)31)19(30)22(13,33)18(10)29/h3-9,11-13,18-25,27-30,32,35-36,38-39,42H,10,14-17,34H2,1-2H3,(H,40,41);4-6,12-14,17,25-26,28,30,32-33H,1-3H3,(H2,23,31)/b4-3+,7-5+,8-6-,11-9+,13-12-;/t18-,19-,20+,21+,22+,23-,24+,25+,27-,28+,29-,30+,32+,33-;12-,13-,14+,17+,21+,22+/m11/s1. The van der Waals surface area contributed by atoms with Gasteiger partial charge >= 0.3 is 11.9 Å². The maximum Gasteiger partial charge on any atom is 0.330 e. The zero-order valence-electron chi connectivity index (χ0n) is 44.4. The molecule has 25 nitrogen and oxygen atoms in total. The molecule has 0 aromatic heterocycles. The van der Waals surface area contributed by atoms with Crippen LogP contribution in [0.5, 0.6) is 5.75 Å². The first kappa shape index (κ1) is 61.6. The van der Waals surface area contributed by atoms with Gasteiger partial charge in [-0.05, 0) is 52.6 Å². The van der Waals surface area contributed by atoms with E-state index in [9.17, 15) is 85.3 Å². The fourth-order valence-electron chi connectivity index (χ4n) is 11.6. The number of phenolic OH excluding ortho intramolecular Hbond substituents is 1. The zero-order valence-corrected chi connectivity index (χ0v) is 44.4. The number of fused-ring (bicyclic) bond motifs is 6. The number of aliphatic hydroxyl groups excluding tert-OH is 7. The van der Waals surface area contributed by atoms with E-state index in [1.54, 1.807) is 56.4 Å². The highest BCUT2D eigenvalue weighted by Gasteiger charge is 2.70. The molecule has 1 saturated carbocycles. The molecule has 1 aromatic carbocycles. The fourth-order valence-corrected chi connectivity index (χ4v) is 11.6. The molecule has 4 heterocycles. The lowest BCUT2D eigenvalue weighted by Gasteiger charge is -2.55. The van der Waals surface area contributed by atoms with Gasteiger partial charge in [0.1, 0.15) is 47.1 Å². The van der Waals surface area contributed by atoms with Crippen molar-refractivity contribution in [3.63, 3.8) is 0 Å². The lowest BCUT2D eigenvalue weighted by Crippen LogP contribution is -2.71. The Morgan fingerprint density at radius 1 is 0.838 bits per heavy atom. The van der Waals surface area contributed by atoms with Crippen molar-refractivity contribution in [3.8, 4) is 5.75 Å². The molecule has 438 valence electrons. The van der Waals surface area contributed by atoms with E-state index in [2.05, 4.69) is 0 Å². The van der Waals surface area contributed by atoms with Crippen LogP contribution in [0.2, 0.25) is 0 Å². The molecule has 25 heteroatoms. The van der Waals surface area contributed by atoms with E-state index in [0.29, 0.717) is 6.42 Å². The highest BCUT2D eigenvalue weighted by Crippen LogP contribution is 2.57. The maximum absolute atomic E-state index is 13.7. The van der Waals surface area contributed by atoms with Crippen LogP contribution >= 0.6 is 0 Å². The van der Waals surface area contributed by atoms with Crippen molar-refractivity contribution in [2.75, 3.05) is 14.1 Å². The van der Waals surface area contributed by atoms with Gasteiger partial charge in [0.2, 0.25) is 5.78 Å². The number of phenols is 1. The Hall–Kier alpha value is -6.01. The highest BCUT2D eigenvalue weighted by molar-refractivity contribution is 6.24. The van der Waals surface area contributed by atoms with Crippen molar-refractivity contribution in [2.45, 2.75) is 155 Å². The van der Waals surface area contributed by atoms with Gasteiger partial charge < -0.3 is 96.4 Å². The van der Waals surface area contributed by atoms with E-state index < -0.39 is 178 Å². The van der Waals surface area contributed by atoms with Crippen LogP contribution in [-0.4, -0.2) is 207 Å². The van der Waals surface area contributed by atoms with E-state index in [1.807, 2.05) is 6.08 Å². The van der Waals surface area contributed by atoms with Crippen molar-refractivity contribution in [2.24, 2.45) is 29.2 Å². The Morgan fingerprint density at radius 3 is 2.15 bits per heavy atom. The average molecular weight is 1130 g/mol. The summed E-state index contributed by atoms with van der Waals surface area (Å²) in [5.41, 5.74) is 4.20. The fraction of sp³-hybridized carbons (Fsp3) is 0.545. The van der Waals surface area contributed by atoms with Crippen LogP contribution in [-0.2, 0) is 53.3 Å². The minimum absolute atomic E-state index is 0.00664. The number of hydrogen-bond acceptors (Lipinski definition) is 23. The van der Waals surface area contributed by atoms with Crippen molar-refractivity contribution in [1.29, 1.82) is 0 Å². The molecule has 7 aliphatic rings.